The molecule has 3 aromatic rings. The zero-order valence-corrected chi connectivity index (χ0v) is 15.1. The molecule has 6 nitrogen and oxygen atoms in total. The molecule has 0 atom stereocenters. The summed E-state index contributed by atoms with van der Waals surface area (Å²) in [6.45, 7) is 2.94. The molecule has 1 N–H and O–H groups in total. The van der Waals surface area contributed by atoms with Gasteiger partial charge in [-0.15, -0.1) is 0 Å². The van der Waals surface area contributed by atoms with Gasteiger partial charge in [-0.1, -0.05) is 12.1 Å². The molecule has 0 spiro atoms. The Morgan fingerprint density at radius 3 is 2.67 bits per heavy atom. The standard InChI is InChI=1S/C21H20N4O2/c1-15(26)25-12-9-18-13-19(7-8-20(18)25)23-21(27)17-5-3-16(4-6-17)14-24-11-2-10-22-24/h2-8,10-11,13H,9,12,14H2,1H3,(H,23,27). The van der Waals surface area contributed by atoms with Crippen molar-refractivity contribution in [3.05, 3.63) is 77.6 Å². The minimum atomic E-state index is -0.151. The Kier molecular flexibility index (Phi) is 4.46. The van der Waals surface area contributed by atoms with Gasteiger partial charge >= 0.3 is 0 Å². The van der Waals surface area contributed by atoms with Gasteiger partial charge in [0.15, 0.2) is 0 Å². The molecule has 2 heterocycles. The number of nitrogens with zero attached hydrogens (tertiary/aromatic N) is 3. The van der Waals surface area contributed by atoms with Gasteiger partial charge in [-0.3, -0.25) is 14.3 Å². The lowest BCUT2D eigenvalue weighted by atomic mass is 10.1. The van der Waals surface area contributed by atoms with Gasteiger partial charge in [0.1, 0.15) is 0 Å². The summed E-state index contributed by atoms with van der Waals surface area (Å²) in [6.07, 6.45) is 4.45. The van der Waals surface area contributed by atoms with Crippen molar-refractivity contribution in [2.45, 2.75) is 19.9 Å². The molecule has 2 aromatic carbocycles. The summed E-state index contributed by atoms with van der Waals surface area (Å²) < 4.78 is 1.84. The number of hydrogen-bond donors (Lipinski definition) is 1. The highest BCUT2D eigenvalue weighted by Crippen LogP contribution is 2.30. The number of amides is 2. The molecule has 1 aliphatic rings. The van der Waals surface area contributed by atoms with Gasteiger partial charge in [-0.25, -0.2) is 0 Å². The van der Waals surface area contributed by atoms with Crippen molar-refractivity contribution < 1.29 is 9.59 Å². The van der Waals surface area contributed by atoms with E-state index in [9.17, 15) is 9.59 Å². The third-order valence-corrected chi connectivity index (χ3v) is 4.73. The Labute approximate surface area is 157 Å². The molecular weight excluding hydrogens is 340 g/mol. The van der Waals surface area contributed by atoms with Crippen LogP contribution in [0.3, 0.4) is 0 Å². The number of rotatable bonds is 4. The van der Waals surface area contributed by atoms with Crippen molar-refractivity contribution in [1.82, 2.24) is 9.78 Å². The molecule has 0 aliphatic carbocycles. The van der Waals surface area contributed by atoms with Crippen LogP contribution in [0.2, 0.25) is 0 Å². The van der Waals surface area contributed by atoms with Crippen LogP contribution in [0.1, 0.15) is 28.4 Å². The summed E-state index contributed by atoms with van der Waals surface area (Å²) in [5.74, 6) is -0.109. The first-order valence-electron chi connectivity index (χ1n) is 8.89. The smallest absolute Gasteiger partial charge is 0.255 e. The second kappa shape index (κ2) is 7.07. The number of carbonyl (C=O) groups is 2. The Balaban J connectivity index is 1.44. The number of hydrogen-bond acceptors (Lipinski definition) is 3. The van der Waals surface area contributed by atoms with Crippen LogP contribution in [0, 0.1) is 0 Å². The van der Waals surface area contributed by atoms with E-state index >= 15 is 0 Å². The van der Waals surface area contributed by atoms with Crippen molar-refractivity contribution >= 4 is 23.2 Å². The number of benzene rings is 2. The molecule has 0 unspecified atom stereocenters. The molecule has 0 radical (unpaired) electrons. The van der Waals surface area contributed by atoms with Crippen molar-refractivity contribution in [2.75, 3.05) is 16.8 Å². The summed E-state index contributed by atoms with van der Waals surface area (Å²) in [7, 11) is 0. The molecule has 0 saturated heterocycles. The lowest BCUT2D eigenvalue weighted by molar-refractivity contribution is -0.116. The van der Waals surface area contributed by atoms with Crippen LogP contribution in [0.5, 0.6) is 0 Å². The summed E-state index contributed by atoms with van der Waals surface area (Å²) in [6, 6.07) is 15.1. The number of aromatic nitrogens is 2. The highest BCUT2D eigenvalue weighted by Gasteiger charge is 2.22. The summed E-state index contributed by atoms with van der Waals surface area (Å²) in [5, 5.41) is 7.12. The van der Waals surface area contributed by atoms with Crippen molar-refractivity contribution in [3.63, 3.8) is 0 Å². The fourth-order valence-corrected chi connectivity index (χ4v) is 3.35. The van der Waals surface area contributed by atoms with Crippen molar-refractivity contribution in [2.24, 2.45) is 0 Å². The van der Waals surface area contributed by atoms with Gasteiger partial charge in [0.2, 0.25) is 5.91 Å². The summed E-state index contributed by atoms with van der Waals surface area (Å²) in [5.41, 5.74) is 4.44. The van der Waals surface area contributed by atoms with Crippen LogP contribution < -0.4 is 10.2 Å². The van der Waals surface area contributed by atoms with E-state index in [1.807, 2.05) is 59.4 Å². The van der Waals surface area contributed by atoms with E-state index in [0.717, 1.165) is 28.9 Å². The first-order valence-corrected chi connectivity index (χ1v) is 8.89. The minimum Gasteiger partial charge on any atom is -0.322 e. The lowest BCUT2D eigenvalue weighted by Gasteiger charge is -2.15. The highest BCUT2D eigenvalue weighted by molar-refractivity contribution is 6.04. The minimum absolute atomic E-state index is 0.0423. The Morgan fingerprint density at radius 1 is 1.15 bits per heavy atom. The molecule has 6 heteroatoms. The SMILES string of the molecule is CC(=O)N1CCc2cc(NC(=O)c3ccc(Cn4cccn4)cc3)ccc21. The number of fused-ring (bicyclic) bond motifs is 1. The fourth-order valence-electron chi connectivity index (χ4n) is 3.35. The first kappa shape index (κ1) is 17.0. The third-order valence-electron chi connectivity index (χ3n) is 4.73. The second-order valence-electron chi connectivity index (χ2n) is 6.62. The van der Waals surface area contributed by atoms with Gasteiger partial charge in [0.25, 0.3) is 5.91 Å². The average molecular weight is 360 g/mol. The van der Waals surface area contributed by atoms with E-state index in [2.05, 4.69) is 10.4 Å². The van der Waals surface area contributed by atoms with Crippen LogP contribution in [-0.4, -0.2) is 28.1 Å². The molecule has 27 heavy (non-hydrogen) atoms. The number of anilines is 2. The van der Waals surface area contributed by atoms with Gasteiger partial charge < -0.3 is 10.2 Å². The third kappa shape index (κ3) is 3.60. The number of nitrogens with one attached hydrogen (secondary N) is 1. The van der Waals surface area contributed by atoms with Crippen LogP contribution in [0.4, 0.5) is 11.4 Å². The van der Waals surface area contributed by atoms with Crippen molar-refractivity contribution in [1.29, 1.82) is 0 Å². The maximum absolute atomic E-state index is 12.5. The van der Waals surface area contributed by atoms with Crippen molar-refractivity contribution in [3.8, 4) is 0 Å². The van der Waals surface area contributed by atoms with Gasteiger partial charge in [-0.05, 0) is 53.9 Å². The number of carbonyl (C=O) groups excluding carboxylic acids is 2. The monoisotopic (exact) mass is 360 g/mol. The lowest BCUT2D eigenvalue weighted by Crippen LogP contribution is -2.25. The van der Waals surface area contributed by atoms with E-state index in [4.69, 9.17) is 0 Å². The van der Waals surface area contributed by atoms with E-state index in [1.165, 1.54) is 0 Å². The Bertz CT molecular complexity index is 978. The predicted octanol–water partition coefficient (Wildman–Crippen LogP) is 3.09. The highest BCUT2D eigenvalue weighted by atomic mass is 16.2. The molecule has 1 aliphatic heterocycles. The Morgan fingerprint density at radius 2 is 1.96 bits per heavy atom. The molecule has 0 fully saturated rings. The van der Waals surface area contributed by atoms with Crippen LogP contribution >= 0.6 is 0 Å². The quantitative estimate of drug-likeness (QED) is 0.777. The zero-order chi connectivity index (χ0) is 18.8. The zero-order valence-electron chi connectivity index (χ0n) is 15.1. The summed E-state index contributed by atoms with van der Waals surface area (Å²) >= 11 is 0. The van der Waals surface area contributed by atoms with Gasteiger partial charge in [0.05, 0.1) is 6.54 Å². The maximum Gasteiger partial charge on any atom is 0.255 e. The van der Waals surface area contributed by atoms with Crippen LogP contribution in [0.25, 0.3) is 0 Å². The van der Waals surface area contributed by atoms with E-state index in [-0.39, 0.29) is 11.8 Å². The predicted molar refractivity (Wildman–Crippen MR) is 104 cm³/mol. The average Bonchev–Trinajstić information content (AvgIpc) is 3.31. The van der Waals surface area contributed by atoms with Gasteiger partial charge in [0, 0.05) is 42.8 Å². The molecule has 2 amide bonds. The first-order chi connectivity index (χ1) is 13.1. The van der Waals surface area contributed by atoms with Crippen LogP contribution in [0.15, 0.2) is 60.9 Å². The topological polar surface area (TPSA) is 67.2 Å². The molecule has 4 rings (SSSR count). The second-order valence-corrected chi connectivity index (χ2v) is 6.62. The van der Waals surface area contributed by atoms with E-state index in [1.54, 1.807) is 18.0 Å². The molecular formula is C21H20N4O2. The Hall–Kier alpha value is -3.41. The van der Waals surface area contributed by atoms with Gasteiger partial charge in [-0.2, -0.15) is 5.10 Å². The molecule has 136 valence electrons. The van der Waals surface area contributed by atoms with E-state index in [0.29, 0.717) is 18.7 Å². The summed E-state index contributed by atoms with van der Waals surface area (Å²) in [4.78, 5) is 25.9. The van der Waals surface area contributed by atoms with Crippen LogP contribution in [-0.2, 0) is 17.8 Å². The van der Waals surface area contributed by atoms with E-state index < -0.39 is 0 Å². The molecule has 1 aromatic heterocycles. The molecule has 0 bridgehead atoms. The largest absolute Gasteiger partial charge is 0.322 e. The normalized spacial score (nSPS) is 12.7. The maximum atomic E-state index is 12.5. The fraction of sp³-hybridized carbons (Fsp3) is 0.190. The molecule has 0 saturated carbocycles.